The first-order chi connectivity index (χ1) is 19.7. The van der Waals surface area contributed by atoms with E-state index < -0.39 is 31.7 Å². The smallest absolute Gasteiger partial charge is 0.222 e. The van der Waals surface area contributed by atoms with Crippen molar-refractivity contribution < 1.29 is 30.4 Å². The highest BCUT2D eigenvalue weighted by Crippen LogP contribution is 2.37. The van der Waals surface area contributed by atoms with E-state index >= 15 is 0 Å². The number of hydrogen-bond acceptors (Lipinski definition) is 6. The summed E-state index contributed by atoms with van der Waals surface area (Å²) >= 11 is 0. The SMILES string of the molecule is CN(C(=O)CC1CCN(S(C)(=O)=O)CC1)C1CCN(CC[C@@H](c2cc(F)cc(F)c2)C2CCN(S(C)(=O)=O)CC2)CC1. The van der Waals surface area contributed by atoms with E-state index in [0.29, 0.717) is 63.8 Å². The summed E-state index contributed by atoms with van der Waals surface area (Å²) in [7, 11) is -4.58. The quantitative estimate of drug-likeness (QED) is 0.393. The van der Waals surface area contributed by atoms with Crippen molar-refractivity contribution in [1.82, 2.24) is 18.4 Å². The number of halogens is 2. The maximum absolute atomic E-state index is 14.2. The van der Waals surface area contributed by atoms with E-state index in [4.69, 9.17) is 0 Å². The highest BCUT2D eigenvalue weighted by molar-refractivity contribution is 7.88. The Balaban J connectivity index is 1.28. The molecule has 0 unspecified atom stereocenters. The van der Waals surface area contributed by atoms with Gasteiger partial charge in [0.25, 0.3) is 0 Å². The van der Waals surface area contributed by atoms with Gasteiger partial charge in [-0.25, -0.2) is 34.2 Å². The molecule has 238 valence electrons. The molecule has 0 saturated carbocycles. The Bertz CT molecular complexity index is 1270. The monoisotopic (exact) mass is 632 g/mol. The van der Waals surface area contributed by atoms with Gasteiger partial charge in [0.1, 0.15) is 11.6 Å². The van der Waals surface area contributed by atoms with Crippen LogP contribution in [0.15, 0.2) is 18.2 Å². The average Bonchev–Trinajstić information content (AvgIpc) is 2.92. The third-order valence-electron chi connectivity index (χ3n) is 9.61. The normalized spacial score (nSPS) is 22.3. The summed E-state index contributed by atoms with van der Waals surface area (Å²) in [4.78, 5) is 17.3. The zero-order chi connectivity index (χ0) is 30.7. The molecule has 3 aliphatic heterocycles. The van der Waals surface area contributed by atoms with Crippen LogP contribution in [0.4, 0.5) is 8.78 Å². The summed E-state index contributed by atoms with van der Waals surface area (Å²) in [6, 6.07) is 3.86. The number of benzene rings is 1. The van der Waals surface area contributed by atoms with Crippen LogP contribution in [0.5, 0.6) is 0 Å². The minimum absolute atomic E-state index is 0.0759. The molecule has 1 aromatic rings. The molecule has 1 amide bonds. The second kappa shape index (κ2) is 14.0. The fourth-order valence-electron chi connectivity index (χ4n) is 6.97. The minimum Gasteiger partial charge on any atom is -0.343 e. The maximum atomic E-state index is 14.2. The molecule has 9 nitrogen and oxygen atoms in total. The predicted octanol–water partition coefficient (Wildman–Crippen LogP) is 3.09. The standard InChI is InChI=1S/C29H46F2N4O5S2/c1-32(29(36)18-22-4-14-34(15-5-22)41(2,37)38)27-8-11-33(12-9-27)13-10-28(24-19-25(30)21-26(31)20-24)23-6-16-35(17-7-23)42(3,39)40/h19-23,27-28H,4-18H2,1-3H3/t28-/m1/s1. The minimum atomic E-state index is -3.26. The number of piperidine rings is 3. The molecule has 4 rings (SSSR count). The van der Waals surface area contributed by atoms with Gasteiger partial charge in [0.05, 0.1) is 12.5 Å². The molecule has 13 heteroatoms. The van der Waals surface area contributed by atoms with Crippen LogP contribution in [-0.2, 0) is 24.8 Å². The molecule has 0 aromatic heterocycles. The van der Waals surface area contributed by atoms with E-state index in [-0.39, 0.29) is 29.7 Å². The van der Waals surface area contributed by atoms with Gasteiger partial charge in [-0.2, -0.15) is 0 Å². The summed E-state index contributed by atoms with van der Waals surface area (Å²) in [5.41, 5.74) is 0.632. The molecule has 0 spiro atoms. The molecule has 3 heterocycles. The first-order valence-corrected chi connectivity index (χ1v) is 18.7. The lowest BCUT2D eigenvalue weighted by Crippen LogP contribution is -2.47. The van der Waals surface area contributed by atoms with Crippen molar-refractivity contribution in [3.63, 3.8) is 0 Å². The second-order valence-corrected chi connectivity index (χ2v) is 16.4. The highest BCUT2D eigenvalue weighted by atomic mass is 32.2. The summed E-state index contributed by atoms with van der Waals surface area (Å²) < 4.78 is 78.8. The van der Waals surface area contributed by atoms with E-state index in [0.717, 1.165) is 45.0 Å². The molecule has 0 radical (unpaired) electrons. The van der Waals surface area contributed by atoms with Crippen molar-refractivity contribution in [3.05, 3.63) is 35.4 Å². The van der Waals surface area contributed by atoms with Gasteiger partial charge in [-0.3, -0.25) is 4.79 Å². The summed E-state index contributed by atoms with van der Waals surface area (Å²) in [6.07, 6.45) is 8.01. The molecule has 3 saturated heterocycles. The Hall–Kier alpha value is -1.67. The van der Waals surface area contributed by atoms with Gasteiger partial charge < -0.3 is 9.80 Å². The Morgan fingerprint density at radius 1 is 0.833 bits per heavy atom. The average molecular weight is 633 g/mol. The van der Waals surface area contributed by atoms with Gasteiger partial charge in [-0.15, -0.1) is 0 Å². The van der Waals surface area contributed by atoms with Crippen molar-refractivity contribution >= 4 is 26.0 Å². The topological polar surface area (TPSA) is 98.3 Å². The maximum Gasteiger partial charge on any atom is 0.222 e. The summed E-state index contributed by atoms with van der Waals surface area (Å²) in [5, 5.41) is 0. The largest absolute Gasteiger partial charge is 0.343 e. The number of carbonyl (C=O) groups is 1. The van der Waals surface area contributed by atoms with E-state index in [1.807, 2.05) is 11.9 Å². The first kappa shape index (κ1) is 33.2. The van der Waals surface area contributed by atoms with Gasteiger partial charge >= 0.3 is 0 Å². The zero-order valence-corrected chi connectivity index (χ0v) is 26.7. The lowest BCUT2D eigenvalue weighted by atomic mass is 9.78. The fraction of sp³-hybridized carbons (Fsp3) is 0.759. The van der Waals surface area contributed by atoms with Gasteiger partial charge in [-0.1, -0.05) is 0 Å². The second-order valence-electron chi connectivity index (χ2n) is 12.5. The van der Waals surface area contributed by atoms with Crippen LogP contribution in [0.3, 0.4) is 0 Å². The molecular formula is C29H46F2N4O5S2. The van der Waals surface area contributed by atoms with Crippen LogP contribution >= 0.6 is 0 Å². The van der Waals surface area contributed by atoms with Crippen LogP contribution in [0, 0.1) is 23.5 Å². The number of amides is 1. The third-order valence-corrected chi connectivity index (χ3v) is 12.2. The van der Waals surface area contributed by atoms with Gasteiger partial charge in [0.2, 0.25) is 26.0 Å². The first-order valence-electron chi connectivity index (χ1n) is 15.0. The number of rotatable bonds is 10. The molecule has 1 aromatic carbocycles. The van der Waals surface area contributed by atoms with Gasteiger partial charge in [-0.05, 0) is 86.9 Å². The Morgan fingerprint density at radius 3 is 1.83 bits per heavy atom. The van der Waals surface area contributed by atoms with Gasteiger partial charge in [0.15, 0.2) is 0 Å². The molecule has 3 fully saturated rings. The number of hydrogen-bond donors (Lipinski definition) is 0. The van der Waals surface area contributed by atoms with Crippen molar-refractivity contribution in [2.45, 2.75) is 63.3 Å². The van der Waals surface area contributed by atoms with E-state index in [1.165, 1.54) is 33.3 Å². The van der Waals surface area contributed by atoms with Crippen molar-refractivity contribution in [2.24, 2.45) is 11.8 Å². The zero-order valence-electron chi connectivity index (χ0n) is 25.1. The summed E-state index contributed by atoms with van der Waals surface area (Å²) in [5.74, 6) is -0.828. The van der Waals surface area contributed by atoms with E-state index in [2.05, 4.69) is 4.90 Å². The predicted molar refractivity (Wildman–Crippen MR) is 159 cm³/mol. The van der Waals surface area contributed by atoms with Crippen molar-refractivity contribution in [2.75, 3.05) is 65.4 Å². The molecule has 3 aliphatic rings. The lowest BCUT2D eigenvalue weighted by Gasteiger charge is -2.39. The molecule has 1 atom stereocenters. The van der Waals surface area contributed by atoms with Crippen molar-refractivity contribution in [1.29, 1.82) is 0 Å². The molecular weight excluding hydrogens is 586 g/mol. The molecule has 0 bridgehead atoms. The Kier molecular flexibility index (Phi) is 11.0. The van der Waals surface area contributed by atoms with Crippen LogP contribution in [0.2, 0.25) is 0 Å². The van der Waals surface area contributed by atoms with Crippen LogP contribution in [0.25, 0.3) is 0 Å². The molecule has 42 heavy (non-hydrogen) atoms. The van der Waals surface area contributed by atoms with Gasteiger partial charge in [0, 0.05) is 64.8 Å². The molecule has 0 aliphatic carbocycles. The third kappa shape index (κ3) is 8.93. The van der Waals surface area contributed by atoms with E-state index in [1.54, 1.807) is 0 Å². The van der Waals surface area contributed by atoms with Crippen LogP contribution in [-0.4, -0.2) is 113 Å². The molecule has 0 N–H and O–H groups in total. The number of carbonyl (C=O) groups excluding carboxylic acids is 1. The Morgan fingerprint density at radius 2 is 1.33 bits per heavy atom. The summed E-state index contributed by atoms with van der Waals surface area (Å²) in [6.45, 7) is 4.19. The lowest BCUT2D eigenvalue weighted by molar-refractivity contribution is -0.134. The van der Waals surface area contributed by atoms with Crippen LogP contribution in [0.1, 0.15) is 62.8 Å². The Labute approximate surface area is 250 Å². The van der Waals surface area contributed by atoms with E-state index in [9.17, 15) is 30.4 Å². The fourth-order valence-corrected chi connectivity index (χ4v) is 8.71. The number of sulfonamides is 2. The highest BCUT2D eigenvalue weighted by Gasteiger charge is 2.33. The number of likely N-dealkylation sites (tertiary alicyclic amines) is 1. The number of nitrogens with zero attached hydrogens (tertiary/aromatic N) is 4. The van der Waals surface area contributed by atoms with Crippen molar-refractivity contribution in [3.8, 4) is 0 Å². The van der Waals surface area contributed by atoms with Crippen LogP contribution < -0.4 is 0 Å².